The standard InChI is InChI=1S/C20H24BrN5O/c1-25-8-10-26(11-9-25)15-6-7-17(18(12-15)27-2)23-20-22-13-14-4-3-5-16(21)19(14)24-20/h3-7,12-13,20,23-24H,8-11H2,1-2H3. The van der Waals surface area contributed by atoms with E-state index in [4.69, 9.17) is 4.74 Å². The third kappa shape index (κ3) is 3.89. The van der Waals surface area contributed by atoms with Crippen LogP contribution in [0.5, 0.6) is 5.75 Å². The van der Waals surface area contributed by atoms with Gasteiger partial charge in [-0.15, -0.1) is 0 Å². The van der Waals surface area contributed by atoms with Crippen molar-refractivity contribution in [2.24, 2.45) is 4.99 Å². The zero-order valence-corrected chi connectivity index (χ0v) is 17.2. The monoisotopic (exact) mass is 429 g/mol. The maximum atomic E-state index is 5.64. The topological polar surface area (TPSA) is 52.1 Å². The number of halogens is 1. The Balaban J connectivity index is 1.50. The number of piperazine rings is 1. The van der Waals surface area contributed by atoms with Gasteiger partial charge in [0.15, 0.2) is 6.29 Å². The first-order valence-corrected chi connectivity index (χ1v) is 9.89. The number of anilines is 3. The Bertz CT molecular complexity index is 848. The van der Waals surface area contributed by atoms with Crippen molar-refractivity contribution >= 4 is 39.2 Å². The van der Waals surface area contributed by atoms with Crippen molar-refractivity contribution in [3.63, 3.8) is 0 Å². The predicted octanol–water partition coefficient (Wildman–Crippen LogP) is 3.45. The van der Waals surface area contributed by atoms with Gasteiger partial charge in [0.05, 0.1) is 18.5 Å². The summed E-state index contributed by atoms with van der Waals surface area (Å²) < 4.78 is 6.67. The zero-order valence-electron chi connectivity index (χ0n) is 15.6. The molecule has 0 bridgehead atoms. The molecule has 1 fully saturated rings. The number of aliphatic imine (C=N–C) groups is 1. The Labute approximate surface area is 168 Å². The van der Waals surface area contributed by atoms with Gasteiger partial charge in [0.1, 0.15) is 5.75 Å². The van der Waals surface area contributed by atoms with Crippen LogP contribution in [0, 0.1) is 0 Å². The first kappa shape index (κ1) is 18.1. The van der Waals surface area contributed by atoms with Crippen LogP contribution in [0.1, 0.15) is 5.56 Å². The number of likely N-dealkylation sites (N-methyl/N-ethyl adjacent to an activating group) is 1. The summed E-state index contributed by atoms with van der Waals surface area (Å²) in [6.45, 7) is 4.23. The van der Waals surface area contributed by atoms with Crippen LogP contribution in [0.3, 0.4) is 0 Å². The van der Waals surface area contributed by atoms with Crippen molar-refractivity contribution in [3.05, 3.63) is 46.4 Å². The Kier molecular flexibility index (Phi) is 5.22. The van der Waals surface area contributed by atoms with E-state index in [2.05, 4.69) is 66.6 Å². The lowest BCUT2D eigenvalue weighted by Gasteiger charge is -2.34. The molecule has 1 atom stereocenters. The number of fused-ring (bicyclic) bond motifs is 1. The van der Waals surface area contributed by atoms with Gasteiger partial charge in [0, 0.05) is 54.2 Å². The average Bonchev–Trinajstić information content (AvgIpc) is 2.69. The molecule has 0 saturated carbocycles. The average molecular weight is 430 g/mol. The van der Waals surface area contributed by atoms with E-state index in [1.54, 1.807) is 7.11 Å². The van der Waals surface area contributed by atoms with Gasteiger partial charge in [-0.1, -0.05) is 12.1 Å². The van der Waals surface area contributed by atoms with E-state index in [1.165, 1.54) is 5.69 Å². The molecule has 142 valence electrons. The van der Waals surface area contributed by atoms with E-state index in [1.807, 2.05) is 24.4 Å². The molecule has 7 heteroatoms. The van der Waals surface area contributed by atoms with Crippen molar-refractivity contribution in [1.29, 1.82) is 0 Å². The quantitative estimate of drug-likeness (QED) is 0.779. The highest BCUT2D eigenvalue weighted by Crippen LogP contribution is 2.33. The van der Waals surface area contributed by atoms with Gasteiger partial charge in [-0.2, -0.15) is 0 Å². The molecular formula is C20H24BrN5O. The predicted molar refractivity (Wildman–Crippen MR) is 115 cm³/mol. The van der Waals surface area contributed by atoms with Crippen LogP contribution < -0.4 is 20.3 Å². The second kappa shape index (κ2) is 7.78. The van der Waals surface area contributed by atoms with Crippen LogP contribution in [0.15, 0.2) is 45.9 Å². The first-order valence-electron chi connectivity index (χ1n) is 9.10. The lowest BCUT2D eigenvalue weighted by molar-refractivity contribution is 0.312. The molecule has 0 aliphatic carbocycles. The number of hydrogen-bond acceptors (Lipinski definition) is 6. The van der Waals surface area contributed by atoms with Crippen molar-refractivity contribution in [1.82, 2.24) is 4.90 Å². The molecule has 1 saturated heterocycles. The minimum atomic E-state index is -0.250. The number of rotatable bonds is 4. The largest absolute Gasteiger partial charge is 0.495 e. The number of benzene rings is 2. The number of hydrogen-bond donors (Lipinski definition) is 2. The summed E-state index contributed by atoms with van der Waals surface area (Å²) in [4.78, 5) is 9.32. The molecule has 2 aliphatic rings. The summed E-state index contributed by atoms with van der Waals surface area (Å²) in [5.74, 6) is 0.821. The van der Waals surface area contributed by atoms with Crippen LogP contribution in [0.2, 0.25) is 0 Å². The number of ether oxygens (including phenoxy) is 1. The minimum Gasteiger partial charge on any atom is -0.495 e. The van der Waals surface area contributed by atoms with Crippen molar-refractivity contribution < 1.29 is 4.74 Å². The summed E-state index contributed by atoms with van der Waals surface area (Å²) >= 11 is 3.60. The second-order valence-electron chi connectivity index (χ2n) is 6.85. The zero-order chi connectivity index (χ0) is 18.8. The van der Waals surface area contributed by atoms with Crippen LogP contribution >= 0.6 is 15.9 Å². The molecule has 6 nitrogen and oxygen atoms in total. The van der Waals surface area contributed by atoms with Gasteiger partial charge in [-0.3, -0.25) is 0 Å². The van der Waals surface area contributed by atoms with Crippen molar-refractivity contribution in [2.45, 2.75) is 6.29 Å². The lowest BCUT2D eigenvalue weighted by atomic mass is 10.1. The first-order chi connectivity index (χ1) is 13.1. The summed E-state index contributed by atoms with van der Waals surface area (Å²) in [5.41, 5.74) is 4.22. The maximum Gasteiger partial charge on any atom is 0.194 e. The fourth-order valence-corrected chi connectivity index (χ4v) is 3.91. The summed E-state index contributed by atoms with van der Waals surface area (Å²) in [6, 6.07) is 12.4. The molecule has 1 unspecified atom stereocenters. The van der Waals surface area contributed by atoms with E-state index in [0.29, 0.717) is 0 Å². The highest BCUT2D eigenvalue weighted by atomic mass is 79.9. The third-order valence-corrected chi connectivity index (χ3v) is 5.70. The maximum absolute atomic E-state index is 5.64. The van der Waals surface area contributed by atoms with Crippen LogP contribution in [-0.2, 0) is 0 Å². The number of para-hydroxylation sites is 1. The lowest BCUT2D eigenvalue weighted by Crippen LogP contribution is -2.44. The molecule has 0 amide bonds. The highest BCUT2D eigenvalue weighted by molar-refractivity contribution is 9.10. The third-order valence-electron chi connectivity index (χ3n) is 5.04. The smallest absolute Gasteiger partial charge is 0.194 e. The molecule has 2 aromatic rings. The Morgan fingerprint density at radius 1 is 1.19 bits per heavy atom. The Hall–Kier alpha value is -2.25. The number of nitrogens with zero attached hydrogens (tertiary/aromatic N) is 3. The molecule has 0 spiro atoms. The number of nitrogens with one attached hydrogen (secondary N) is 2. The minimum absolute atomic E-state index is 0.250. The van der Waals surface area contributed by atoms with Crippen LogP contribution in [-0.4, -0.2) is 57.7 Å². The van der Waals surface area contributed by atoms with Gasteiger partial charge < -0.3 is 25.2 Å². The second-order valence-corrected chi connectivity index (χ2v) is 7.70. The molecular weight excluding hydrogens is 406 g/mol. The normalized spacial score (nSPS) is 19.4. The molecule has 2 heterocycles. The highest BCUT2D eigenvalue weighted by Gasteiger charge is 2.19. The molecule has 2 aromatic carbocycles. The van der Waals surface area contributed by atoms with E-state index in [9.17, 15) is 0 Å². The van der Waals surface area contributed by atoms with Crippen molar-refractivity contribution in [2.75, 3.05) is 55.9 Å². The van der Waals surface area contributed by atoms with E-state index in [-0.39, 0.29) is 6.29 Å². The van der Waals surface area contributed by atoms with Crippen LogP contribution in [0.4, 0.5) is 17.1 Å². The molecule has 27 heavy (non-hydrogen) atoms. The molecule has 2 N–H and O–H groups in total. The summed E-state index contributed by atoms with van der Waals surface area (Å²) in [5, 5.41) is 6.84. The molecule has 0 aromatic heterocycles. The Morgan fingerprint density at radius 2 is 2.00 bits per heavy atom. The van der Waals surface area contributed by atoms with Gasteiger partial charge >= 0.3 is 0 Å². The molecule has 0 radical (unpaired) electrons. The van der Waals surface area contributed by atoms with Gasteiger partial charge in [-0.05, 0) is 41.2 Å². The van der Waals surface area contributed by atoms with Crippen molar-refractivity contribution in [3.8, 4) is 5.75 Å². The molecule has 2 aliphatic heterocycles. The number of methoxy groups -OCH3 is 1. The summed E-state index contributed by atoms with van der Waals surface area (Å²) in [7, 11) is 3.87. The fraction of sp³-hybridized carbons (Fsp3) is 0.350. The van der Waals surface area contributed by atoms with Gasteiger partial charge in [0.2, 0.25) is 0 Å². The van der Waals surface area contributed by atoms with Gasteiger partial charge in [-0.25, -0.2) is 4.99 Å². The van der Waals surface area contributed by atoms with E-state index >= 15 is 0 Å². The van der Waals surface area contributed by atoms with Crippen LogP contribution in [0.25, 0.3) is 0 Å². The summed E-state index contributed by atoms with van der Waals surface area (Å²) in [6.07, 6.45) is 1.64. The Morgan fingerprint density at radius 3 is 2.78 bits per heavy atom. The SMILES string of the molecule is COc1cc(N2CCN(C)CC2)ccc1NC1N=Cc2cccc(Br)c2N1. The van der Waals surface area contributed by atoms with E-state index < -0.39 is 0 Å². The fourth-order valence-electron chi connectivity index (χ4n) is 3.41. The molecule has 4 rings (SSSR count). The van der Waals surface area contributed by atoms with Gasteiger partial charge in [0.25, 0.3) is 0 Å². The van der Waals surface area contributed by atoms with E-state index in [0.717, 1.165) is 53.3 Å².